The molecule has 1 aliphatic rings. The molecule has 4 rings (SSSR count). The largest absolute Gasteiger partial charge is 0.493 e. The van der Waals surface area contributed by atoms with Gasteiger partial charge < -0.3 is 18.8 Å². The SMILES string of the molecule is COc1cc2c(cc1OC)C(c1ccccc1Cl)N(C(=O)c1ccco1)CC2. The van der Waals surface area contributed by atoms with E-state index >= 15 is 0 Å². The lowest BCUT2D eigenvalue weighted by Crippen LogP contribution is -2.40. The molecule has 1 unspecified atom stereocenters. The van der Waals surface area contributed by atoms with Gasteiger partial charge in [-0.25, -0.2) is 0 Å². The van der Waals surface area contributed by atoms with Crippen molar-refractivity contribution in [1.29, 1.82) is 0 Å². The molecule has 0 aliphatic carbocycles. The van der Waals surface area contributed by atoms with Crippen LogP contribution in [0.5, 0.6) is 11.5 Å². The molecule has 0 radical (unpaired) electrons. The van der Waals surface area contributed by atoms with Crippen molar-refractivity contribution >= 4 is 17.5 Å². The normalized spacial score (nSPS) is 15.8. The van der Waals surface area contributed by atoms with E-state index in [9.17, 15) is 4.79 Å². The molecule has 144 valence electrons. The number of amides is 1. The third kappa shape index (κ3) is 3.12. The molecule has 3 aromatic rings. The lowest BCUT2D eigenvalue weighted by atomic mass is 9.87. The van der Waals surface area contributed by atoms with Gasteiger partial charge >= 0.3 is 0 Å². The van der Waals surface area contributed by atoms with E-state index in [0.717, 1.165) is 16.7 Å². The summed E-state index contributed by atoms with van der Waals surface area (Å²) in [6.45, 7) is 0.540. The average molecular weight is 398 g/mol. The van der Waals surface area contributed by atoms with Crippen molar-refractivity contribution in [2.24, 2.45) is 0 Å². The number of carbonyl (C=O) groups excluding carboxylic acids is 1. The van der Waals surface area contributed by atoms with E-state index in [0.29, 0.717) is 35.2 Å². The fraction of sp³-hybridized carbons (Fsp3) is 0.227. The van der Waals surface area contributed by atoms with Crippen molar-refractivity contribution in [2.75, 3.05) is 20.8 Å². The second-order valence-corrected chi connectivity index (χ2v) is 6.96. The van der Waals surface area contributed by atoms with Crippen molar-refractivity contribution in [3.63, 3.8) is 0 Å². The van der Waals surface area contributed by atoms with Gasteiger partial charge in [0.15, 0.2) is 17.3 Å². The highest BCUT2D eigenvalue weighted by atomic mass is 35.5. The van der Waals surface area contributed by atoms with Crippen molar-refractivity contribution in [2.45, 2.75) is 12.5 Å². The molecule has 0 saturated heterocycles. The van der Waals surface area contributed by atoms with E-state index < -0.39 is 0 Å². The minimum absolute atomic E-state index is 0.171. The summed E-state index contributed by atoms with van der Waals surface area (Å²) in [5.41, 5.74) is 2.93. The first-order valence-electron chi connectivity index (χ1n) is 8.97. The monoisotopic (exact) mass is 397 g/mol. The van der Waals surface area contributed by atoms with Crippen LogP contribution in [0.2, 0.25) is 5.02 Å². The van der Waals surface area contributed by atoms with Gasteiger partial charge in [0.2, 0.25) is 0 Å². The van der Waals surface area contributed by atoms with Gasteiger partial charge in [-0.2, -0.15) is 0 Å². The third-order valence-corrected chi connectivity index (χ3v) is 5.41. The zero-order chi connectivity index (χ0) is 19.7. The summed E-state index contributed by atoms with van der Waals surface area (Å²) in [4.78, 5) is 15.0. The molecule has 2 aromatic carbocycles. The van der Waals surface area contributed by atoms with Gasteiger partial charge in [-0.3, -0.25) is 4.79 Å². The fourth-order valence-corrected chi connectivity index (χ4v) is 3.98. The quantitative estimate of drug-likeness (QED) is 0.638. The van der Waals surface area contributed by atoms with Crippen LogP contribution >= 0.6 is 11.6 Å². The maximum atomic E-state index is 13.2. The number of methoxy groups -OCH3 is 2. The summed E-state index contributed by atoms with van der Waals surface area (Å²) in [5.74, 6) is 1.42. The molecule has 1 amide bonds. The van der Waals surface area contributed by atoms with Crippen molar-refractivity contribution in [1.82, 2.24) is 4.90 Å². The van der Waals surface area contributed by atoms with Crippen molar-refractivity contribution in [3.05, 3.63) is 82.3 Å². The predicted molar refractivity (Wildman–Crippen MR) is 106 cm³/mol. The molecule has 0 bridgehead atoms. The maximum Gasteiger partial charge on any atom is 0.290 e. The molecule has 0 saturated carbocycles. The molecule has 2 heterocycles. The number of rotatable bonds is 4. The van der Waals surface area contributed by atoms with Gasteiger partial charge in [0.05, 0.1) is 26.5 Å². The predicted octanol–water partition coefficient (Wildman–Crippen LogP) is 4.74. The summed E-state index contributed by atoms with van der Waals surface area (Å²) in [5, 5.41) is 0.604. The summed E-state index contributed by atoms with van der Waals surface area (Å²) < 4.78 is 16.3. The number of hydrogen-bond donors (Lipinski definition) is 0. The summed E-state index contributed by atoms with van der Waals surface area (Å²) >= 11 is 6.53. The lowest BCUT2D eigenvalue weighted by molar-refractivity contribution is 0.0661. The number of nitrogens with zero attached hydrogens (tertiary/aromatic N) is 1. The Morgan fingerprint density at radius 3 is 2.50 bits per heavy atom. The molecule has 0 N–H and O–H groups in total. The number of hydrogen-bond acceptors (Lipinski definition) is 4. The van der Waals surface area contributed by atoms with Gasteiger partial charge in [0.25, 0.3) is 5.91 Å². The number of benzene rings is 2. The molecular formula is C22H20ClNO4. The topological polar surface area (TPSA) is 51.9 Å². The molecule has 1 aromatic heterocycles. The first-order valence-corrected chi connectivity index (χ1v) is 9.35. The van der Waals surface area contributed by atoms with Crippen LogP contribution in [0.15, 0.2) is 59.2 Å². The first kappa shape index (κ1) is 18.4. The number of ether oxygens (including phenoxy) is 2. The highest BCUT2D eigenvalue weighted by Gasteiger charge is 2.35. The Morgan fingerprint density at radius 1 is 1.07 bits per heavy atom. The van der Waals surface area contributed by atoms with Crippen LogP contribution in [0.4, 0.5) is 0 Å². The summed E-state index contributed by atoms with van der Waals surface area (Å²) in [7, 11) is 3.22. The van der Waals surface area contributed by atoms with Crippen LogP contribution in [0.25, 0.3) is 0 Å². The summed E-state index contributed by atoms with van der Waals surface area (Å²) in [6.07, 6.45) is 2.20. The van der Waals surface area contributed by atoms with Crippen LogP contribution in [-0.4, -0.2) is 31.6 Å². The minimum Gasteiger partial charge on any atom is -0.493 e. The Bertz CT molecular complexity index is 1000. The van der Waals surface area contributed by atoms with E-state index in [1.165, 1.54) is 6.26 Å². The molecular weight excluding hydrogens is 378 g/mol. The van der Waals surface area contributed by atoms with Crippen LogP contribution in [0, 0.1) is 0 Å². The van der Waals surface area contributed by atoms with Gasteiger partial charge in [-0.15, -0.1) is 0 Å². The Hall–Kier alpha value is -2.92. The Balaban J connectivity index is 1.89. The maximum absolute atomic E-state index is 13.2. The van der Waals surface area contributed by atoms with E-state index in [1.54, 1.807) is 31.3 Å². The number of furan rings is 1. The van der Waals surface area contributed by atoms with Crippen molar-refractivity contribution < 1.29 is 18.7 Å². The van der Waals surface area contributed by atoms with E-state index in [1.807, 2.05) is 36.4 Å². The second kappa shape index (κ2) is 7.60. The zero-order valence-corrected chi connectivity index (χ0v) is 16.4. The van der Waals surface area contributed by atoms with E-state index in [2.05, 4.69) is 0 Å². The Morgan fingerprint density at radius 2 is 1.82 bits per heavy atom. The highest BCUT2D eigenvalue weighted by Crippen LogP contribution is 2.43. The van der Waals surface area contributed by atoms with Crippen molar-refractivity contribution in [3.8, 4) is 11.5 Å². The molecule has 0 spiro atoms. The minimum atomic E-state index is -0.352. The molecule has 1 atom stereocenters. The van der Waals surface area contributed by atoms with Crippen LogP contribution < -0.4 is 9.47 Å². The zero-order valence-electron chi connectivity index (χ0n) is 15.6. The molecule has 28 heavy (non-hydrogen) atoms. The highest BCUT2D eigenvalue weighted by molar-refractivity contribution is 6.31. The van der Waals surface area contributed by atoms with Crippen LogP contribution in [0.1, 0.15) is 33.3 Å². The molecule has 6 heteroatoms. The smallest absolute Gasteiger partial charge is 0.290 e. The first-order chi connectivity index (χ1) is 13.6. The number of fused-ring (bicyclic) bond motifs is 1. The lowest BCUT2D eigenvalue weighted by Gasteiger charge is -2.38. The van der Waals surface area contributed by atoms with Crippen LogP contribution in [-0.2, 0) is 6.42 Å². The molecule has 1 aliphatic heterocycles. The van der Waals surface area contributed by atoms with Gasteiger partial charge in [-0.05, 0) is 53.4 Å². The van der Waals surface area contributed by atoms with Gasteiger partial charge in [0, 0.05) is 11.6 Å². The summed E-state index contributed by atoms with van der Waals surface area (Å²) in [6, 6.07) is 14.5. The number of carbonyl (C=O) groups is 1. The molecule has 0 fully saturated rings. The van der Waals surface area contributed by atoms with Gasteiger partial charge in [-0.1, -0.05) is 29.8 Å². The Kier molecular flexibility index (Phi) is 5.01. The van der Waals surface area contributed by atoms with E-state index in [4.69, 9.17) is 25.5 Å². The van der Waals surface area contributed by atoms with Gasteiger partial charge in [0.1, 0.15) is 0 Å². The van der Waals surface area contributed by atoms with E-state index in [-0.39, 0.29) is 11.9 Å². The average Bonchev–Trinajstić information content (AvgIpc) is 3.26. The van der Waals surface area contributed by atoms with Crippen LogP contribution in [0.3, 0.4) is 0 Å². The molecule has 5 nitrogen and oxygen atoms in total. The second-order valence-electron chi connectivity index (χ2n) is 6.56. The Labute approximate surface area is 168 Å². The fourth-order valence-electron chi connectivity index (χ4n) is 3.74. The third-order valence-electron chi connectivity index (χ3n) is 5.07. The number of halogens is 1. The standard InChI is InChI=1S/C22H20ClNO4/c1-26-19-12-14-9-10-24(22(25)18-8-5-11-28-18)21(16(14)13-20(19)27-2)15-6-3-4-7-17(15)23/h3-8,11-13,21H,9-10H2,1-2H3.